The lowest BCUT2D eigenvalue weighted by Gasteiger charge is -2.34. The molecule has 1 aliphatic carbocycles. The van der Waals surface area contributed by atoms with Crippen LogP contribution in [0.5, 0.6) is 0 Å². The lowest BCUT2D eigenvalue weighted by molar-refractivity contribution is -0.129. The summed E-state index contributed by atoms with van der Waals surface area (Å²) in [5.74, 6) is -0.584. The fourth-order valence-electron chi connectivity index (χ4n) is 3.81. The smallest absolute Gasteiger partial charge is 0.242 e. The number of hydrogen-bond donors (Lipinski definition) is 2. The molecule has 150 valence electrons. The Morgan fingerprint density at radius 3 is 2.27 bits per heavy atom. The van der Waals surface area contributed by atoms with Gasteiger partial charge in [0.25, 0.3) is 0 Å². The van der Waals surface area contributed by atoms with Crippen LogP contribution >= 0.6 is 0 Å². The lowest BCUT2D eigenvalue weighted by Crippen LogP contribution is -2.52. The monoisotopic (exact) mass is 389 g/mol. The van der Waals surface area contributed by atoms with Gasteiger partial charge in [-0.05, 0) is 32.6 Å². The van der Waals surface area contributed by atoms with Crippen LogP contribution in [-0.4, -0.2) is 68.2 Å². The number of hydrogen-bond acceptors (Lipinski definition) is 5. The predicted octanol–water partition coefficient (Wildman–Crippen LogP) is 0.237. The number of carbonyl (C=O) groups is 2. The molecular weight excluding hydrogens is 358 g/mol. The first-order chi connectivity index (χ1) is 12.2. The van der Waals surface area contributed by atoms with Crippen molar-refractivity contribution in [2.45, 2.75) is 64.7 Å². The topological polar surface area (TPSA) is 105 Å². The van der Waals surface area contributed by atoms with E-state index in [1.54, 1.807) is 0 Å². The highest BCUT2D eigenvalue weighted by Gasteiger charge is 2.33. The molecule has 2 N–H and O–H groups in total. The Bertz CT molecular complexity index is 594. The van der Waals surface area contributed by atoms with Crippen LogP contribution in [0.15, 0.2) is 0 Å². The van der Waals surface area contributed by atoms with Crippen molar-refractivity contribution in [2.75, 3.05) is 25.4 Å². The Hall–Kier alpha value is -1.19. The molecular formula is C17H31N3O5S. The van der Waals surface area contributed by atoms with E-state index in [9.17, 15) is 18.0 Å². The van der Waals surface area contributed by atoms with Gasteiger partial charge in [-0.2, -0.15) is 4.31 Å². The van der Waals surface area contributed by atoms with Crippen molar-refractivity contribution in [3.8, 4) is 0 Å². The lowest BCUT2D eigenvalue weighted by atomic mass is 9.97. The van der Waals surface area contributed by atoms with Crippen LogP contribution < -0.4 is 10.6 Å². The molecule has 26 heavy (non-hydrogen) atoms. The highest BCUT2D eigenvalue weighted by Crippen LogP contribution is 2.27. The molecule has 0 radical (unpaired) electrons. The van der Waals surface area contributed by atoms with E-state index < -0.39 is 16.1 Å². The van der Waals surface area contributed by atoms with E-state index in [0.717, 1.165) is 25.7 Å². The third-order valence-electron chi connectivity index (χ3n) is 4.95. The highest BCUT2D eigenvalue weighted by molar-refractivity contribution is 7.89. The molecule has 1 saturated carbocycles. The van der Waals surface area contributed by atoms with Crippen molar-refractivity contribution >= 4 is 21.8 Å². The molecule has 1 saturated heterocycles. The second-order valence-corrected chi connectivity index (χ2v) is 9.49. The number of nitrogens with zero attached hydrogens (tertiary/aromatic N) is 1. The molecule has 9 heteroatoms. The number of morpholine rings is 1. The van der Waals surface area contributed by atoms with Crippen molar-refractivity contribution in [1.29, 1.82) is 0 Å². The standard InChI is InChI=1S/C17H31N3O5S/c1-12-10-20(11-13(2)25-12)26(23,24)9-8-18-17(22)16(19-14(3)21)15-6-4-5-7-15/h12-13,15-16H,4-11H2,1-3H3,(H,18,22)(H,19,21). The zero-order valence-corrected chi connectivity index (χ0v) is 16.7. The van der Waals surface area contributed by atoms with E-state index in [1.807, 2.05) is 13.8 Å². The first-order valence-electron chi connectivity index (χ1n) is 9.37. The summed E-state index contributed by atoms with van der Waals surface area (Å²) in [6.07, 6.45) is 3.62. The summed E-state index contributed by atoms with van der Waals surface area (Å²) in [4.78, 5) is 23.9. The van der Waals surface area contributed by atoms with Crippen molar-refractivity contribution in [3.63, 3.8) is 0 Å². The zero-order chi connectivity index (χ0) is 19.3. The minimum absolute atomic E-state index is 0.0318. The largest absolute Gasteiger partial charge is 0.373 e. The van der Waals surface area contributed by atoms with Gasteiger partial charge in [0.05, 0.1) is 18.0 Å². The van der Waals surface area contributed by atoms with Crippen LogP contribution in [0.3, 0.4) is 0 Å². The molecule has 0 bridgehead atoms. The van der Waals surface area contributed by atoms with E-state index in [0.29, 0.717) is 13.1 Å². The summed E-state index contributed by atoms with van der Waals surface area (Å²) in [5, 5.41) is 5.41. The average Bonchev–Trinajstić information content (AvgIpc) is 3.05. The Kier molecular flexibility index (Phi) is 7.42. The minimum atomic E-state index is -3.46. The molecule has 8 nitrogen and oxygen atoms in total. The maximum absolute atomic E-state index is 12.5. The van der Waals surface area contributed by atoms with E-state index >= 15 is 0 Å². The molecule has 3 unspecified atom stereocenters. The SMILES string of the molecule is CC(=O)NC(C(=O)NCCS(=O)(=O)N1CC(C)OC(C)C1)C1CCCC1. The van der Waals surface area contributed by atoms with Gasteiger partial charge in [-0.25, -0.2) is 8.42 Å². The second kappa shape index (κ2) is 9.14. The Morgan fingerprint density at radius 1 is 1.15 bits per heavy atom. The molecule has 2 rings (SSSR count). The van der Waals surface area contributed by atoms with Crippen molar-refractivity contribution in [3.05, 3.63) is 0 Å². The Balaban J connectivity index is 1.87. The third-order valence-corrected chi connectivity index (χ3v) is 6.76. The van der Waals surface area contributed by atoms with Gasteiger partial charge in [0.2, 0.25) is 21.8 Å². The third kappa shape index (κ3) is 5.92. The molecule has 0 aromatic carbocycles. The molecule has 3 atom stereocenters. The van der Waals surface area contributed by atoms with Gasteiger partial charge >= 0.3 is 0 Å². The van der Waals surface area contributed by atoms with Crippen molar-refractivity contribution in [2.24, 2.45) is 5.92 Å². The highest BCUT2D eigenvalue weighted by atomic mass is 32.2. The summed E-state index contributed by atoms with van der Waals surface area (Å²) >= 11 is 0. The number of ether oxygens (including phenoxy) is 1. The maximum atomic E-state index is 12.5. The van der Waals surface area contributed by atoms with Gasteiger partial charge in [0.1, 0.15) is 6.04 Å². The summed E-state index contributed by atoms with van der Waals surface area (Å²) < 4.78 is 32.0. The first-order valence-corrected chi connectivity index (χ1v) is 11.0. The fourth-order valence-corrected chi connectivity index (χ4v) is 5.30. The predicted molar refractivity (Wildman–Crippen MR) is 97.9 cm³/mol. The first kappa shape index (κ1) is 21.1. The molecule has 0 aromatic heterocycles. The van der Waals surface area contributed by atoms with Gasteiger partial charge in [0, 0.05) is 26.6 Å². The normalized spacial score (nSPS) is 26.4. The van der Waals surface area contributed by atoms with Gasteiger partial charge < -0.3 is 15.4 Å². The van der Waals surface area contributed by atoms with Crippen LogP contribution in [-0.2, 0) is 24.3 Å². The van der Waals surface area contributed by atoms with Gasteiger partial charge in [-0.1, -0.05) is 12.8 Å². The number of nitrogens with one attached hydrogen (secondary N) is 2. The van der Waals surface area contributed by atoms with Gasteiger partial charge in [0.15, 0.2) is 0 Å². The fraction of sp³-hybridized carbons (Fsp3) is 0.882. The quantitative estimate of drug-likeness (QED) is 0.649. The zero-order valence-electron chi connectivity index (χ0n) is 15.9. The van der Waals surface area contributed by atoms with E-state index in [2.05, 4.69) is 10.6 Å². The number of rotatable bonds is 7. The second-order valence-electron chi connectivity index (χ2n) is 7.40. The summed E-state index contributed by atoms with van der Waals surface area (Å²) in [6.45, 7) is 5.78. The number of carbonyl (C=O) groups excluding carboxylic acids is 2. The number of sulfonamides is 1. The Labute approximate surface area is 156 Å². The van der Waals surface area contributed by atoms with Gasteiger partial charge in [-0.3, -0.25) is 9.59 Å². The maximum Gasteiger partial charge on any atom is 0.242 e. The molecule has 0 spiro atoms. The van der Waals surface area contributed by atoms with Crippen molar-refractivity contribution in [1.82, 2.24) is 14.9 Å². The van der Waals surface area contributed by atoms with Crippen molar-refractivity contribution < 1.29 is 22.7 Å². The van der Waals surface area contributed by atoms with E-state index in [4.69, 9.17) is 4.74 Å². The van der Waals surface area contributed by atoms with Crippen LogP contribution in [0.25, 0.3) is 0 Å². The van der Waals surface area contributed by atoms with Gasteiger partial charge in [-0.15, -0.1) is 0 Å². The molecule has 1 aliphatic heterocycles. The minimum Gasteiger partial charge on any atom is -0.373 e. The van der Waals surface area contributed by atoms with Crippen LogP contribution in [0, 0.1) is 5.92 Å². The molecule has 0 aromatic rings. The average molecular weight is 390 g/mol. The summed E-state index contributed by atoms with van der Waals surface area (Å²) in [7, 11) is -3.46. The summed E-state index contributed by atoms with van der Waals surface area (Å²) in [5.41, 5.74) is 0. The molecule has 1 heterocycles. The van der Waals surface area contributed by atoms with Crippen LogP contribution in [0.2, 0.25) is 0 Å². The summed E-state index contributed by atoms with van der Waals surface area (Å²) in [6, 6.07) is -0.582. The van der Waals surface area contributed by atoms with Crippen LogP contribution in [0.4, 0.5) is 0 Å². The van der Waals surface area contributed by atoms with Crippen LogP contribution in [0.1, 0.15) is 46.5 Å². The molecule has 2 amide bonds. The van der Waals surface area contributed by atoms with E-state index in [-0.39, 0.29) is 42.2 Å². The van der Waals surface area contributed by atoms with E-state index in [1.165, 1.54) is 11.2 Å². The molecule has 2 fully saturated rings. The number of amides is 2. The Morgan fingerprint density at radius 2 is 1.73 bits per heavy atom. The molecule has 2 aliphatic rings.